The van der Waals surface area contributed by atoms with E-state index in [2.05, 4.69) is 5.32 Å². The molecule has 0 bridgehead atoms. The van der Waals surface area contributed by atoms with Crippen molar-refractivity contribution in [3.8, 4) is 0 Å². The Morgan fingerprint density at radius 3 is 2.63 bits per heavy atom. The van der Waals surface area contributed by atoms with Gasteiger partial charge in [0.15, 0.2) is 0 Å². The van der Waals surface area contributed by atoms with E-state index in [1.807, 2.05) is 0 Å². The third kappa shape index (κ3) is 3.42. The summed E-state index contributed by atoms with van der Waals surface area (Å²) < 4.78 is 11.4. The van der Waals surface area contributed by atoms with E-state index in [9.17, 15) is 9.00 Å². The van der Waals surface area contributed by atoms with Gasteiger partial charge < -0.3 is 11.1 Å². The Morgan fingerprint density at radius 1 is 1.32 bits per heavy atom. The van der Waals surface area contributed by atoms with E-state index >= 15 is 0 Å². The summed E-state index contributed by atoms with van der Waals surface area (Å²) in [5, 5.41) is 2.85. The smallest absolute Gasteiger partial charge is 0.244 e. The van der Waals surface area contributed by atoms with E-state index in [-0.39, 0.29) is 5.91 Å². The highest BCUT2D eigenvalue weighted by Gasteiger charge is 2.35. The van der Waals surface area contributed by atoms with Crippen LogP contribution in [-0.2, 0) is 15.6 Å². The molecule has 104 valence electrons. The van der Waals surface area contributed by atoms with Crippen molar-refractivity contribution in [3.05, 3.63) is 24.3 Å². The minimum Gasteiger partial charge on any atom is -0.324 e. The van der Waals surface area contributed by atoms with Crippen LogP contribution in [0.2, 0.25) is 0 Å². The fraction of sp³-hybridized carbons (Fsp3) is 0.500. The molecule has 0 spiro atoms. The summed E-state index contributed by atoms with van der Waals surface area (Å²) >= 11 is 0. The van der Waals surface area contributed by atoms with Gasteiger partial charge in [0, 0.05) is 27.6 Å². The molecule has 19 heavy (non-hydrogen) atoms. The molecule has 4 nitrogen and oxygen atoms in total. The highest BCUT2D eigenvalue weighted by Crippen LogP contribution is 2.27. The second-order valence-electron chi connectivity index (χ2n) is 5.15. The molecule has 1 amide bonds. The molecule has 3 N–H and O–H groups in total. The second-order valence-corrected chi connectivity index (χ2v) is 6.53. The zero-order valence-electron chi connectivity index (χ0n) is 11.1. The molecular formula is C14H20N2O2S. The lowest BCUT2D eigenvalue weighted by Crippen LogP contribution is -2.52. The first-order chi connectivity index (χ1) is 9.01. The summed E-state index contributed by atoms with van der Waals surface area (Å²) in [6.45, 7) is 0. The van der Waals surface area contributed by atoms with Crippen LogP contribution >= 0.6 is 0 Å². The molecule has 0 aromatic heterocycles. The minimum atomic E-state index is -1.05. The predicted molar refractivity (Wildman–Crippen MR) is 77.4 cm³/mol. The Labute approximate surface area is 116 Å². The van der Waals surface area contributed by atoms with Crippen LogP contribution in [0.1, 0.15) is 32.1 Å². The van der Waals surface area contributed by atoms with Crippen molar-refractivity contribution in [2.45, 2.75) is 42.5 Å². The van der Waals surface area contributed by atoms with E-state index < -0.39 is 16.3 Å². The molecule has 2 rings (SSSR count). The average molecular weight is 280 g/mol. The van der Waals surface area contributed by atoms with Crippen LogP contribution in [0.3, 0.4) is 0 Å². The van der Waals surface area contributed by atoms with Crippen LogP contribution in [0, 0.1) is 0 Å². The second kappa shape index (κ2) is 5.84. The minimum absolute atomic E-state index is 0.133. The molecule has 1 atom stereocenters. The quantitative estimate of drug-likeness (QED) is 0.889. The SMILES string of the molecule is CS(=O)c1cccc(NC(=O)C2(N)CCCCC2)c1. The molecule has 1 aliphatic rings. The van der Waals surface area contributed by atoms with E-state index in [0.717, 1.165) is 32.1 Å². The van der Waals surface area contributed by atoms with E-state index in [1.165, 1.54) is 0 Å². The van der Waals surface area contributed by atoms with Crippen LogP contribution in [0.25, 0.3) is 0 Å². The lowest BCUT2D eigenvalue weighted by Gasteiger charge is -2.31. The third-order valence-corrected chi connectivity index (χ3v) is 4.54. The largest absolute Gasteiger partial charge is 0.324 e. The van der Waals surface area contributed by atoms with Gasteiger partial charge in [-0.1, -0.05) is 25.3 Å². The van der Waals surface area contributed by atoms with E-state index in [0.29, 0.717) is 10.6 Å². The first-order valence-corrected chi connectivity index (χ1v) is 8.11. The Hall–Kier alpha value is -1.20. The maximum absolute atomic E-state index is 12.3. The van der Waals surface area contributed by atoms with Gasteiger partial charge in [-0.25, -0.2) is 0 Å². The maximum atomic E-state index is 12.3. The van der Waals surface area contributed by atoms with Gasteiger partial charge in [0.25, 0.3) is 0 Å². The lowest BCUT2D eigenvalue weighted by atomic mass is 9.82. The van der Waals surface area contributed by atoms with Crippen molar-refractivity contribution in [1.82, 2.24) is 0 Å². The first-order valence-electron chi connectivity index (χ1n) is 6.55. The predicted octanol–water partition coefficient (Wildman–Crippen LogP) is 2.02. The van der Waals surface area contributed by atoms with Crippen LogP contribution in [0.4, 0.5) is 5.69 Å². The fourth-order valence-corrected chi connectivity index (χ4v) is 2.98. The molecule has 0 saturated heterocycles. The molecular weight excluding hydrogens is 260 g/mol. The van der Waals surface area contributed by atoms with Crippen molar-refractivity contribution >= 4 is 22.4 Å². The normalized spacial score (nSPS) is 19.7. The van der Waals surface area contributed by atoms with E-state index in [4.69, 9.17) is 5.73 Å². The Bertz CT molecular complexity index is 496. The molecule has 0 aliphatic heterocycles. The number of rotatable bonds is 3. The van der Waals surface area contributed by atoms with Crippen molar-refractivity contribution < 1.29 is 9.00 Å². The molecule has 1 aromatic carbocycles. The van der Waals surface area contributed by atoms with Crippen molar-refractivity contribution in [2.24, 2.45) is 5.73 Å². The molecule has 1 aromatic rings. The number of amides is 1. The fourth-order valence-electron chi connectivity index (χ4n) is 2.42. The van der Waals surface area contributed by atoms with Gasteiger partial charge in [0.2, 0.25) is 5.91 Å². The Balaban J connectivity index is 2.10. The summed E-state index contributed by atoms with van der Waals surface area (Å²) in [4.78, 5) is 13.0. The standard InChI is InChI=1S/C14H20N2O2S/c1-19(18)12-7-5-6-11(10-12)16-13(17)14(15)8-3-2-4-9-14/h5-7,10H,2-4,8-9,15H2,1H3,(H,16,17). The molecule has 1 unspecified atom stereocenters. The monoisotopic (exact) mass is 280 g/mol. The number of nitrogens with one attached hydrogen (secondary N) is 1. The first kappa shape index (κ1) is 14.2. The third-order valence-electron chi connectivity index (χ3n) is 3.62. The van der Waals surface area contributed by atoms with Gasteiger partial charge in [-0.2, -0.15) is 0 Å². The summed E-state index contributed by atoms with van der Waals surface area (Å²) in [7, 11) is -1.05. The van der Waals surface area contributed by atoms with Gasteiger partial charge in [0.05, 0.1) is 5.54 Å². The molecule has 0 heterocycles. The zero-order valence-corrected chi connectivity index (χ0v) is 12.0. The number of hydrogen-bond acceptors (Lipinski definition) is 3. The molecule has 1 aliphatic carbocycles. The number of nitrogens with two attached hydrogens (primary N) is 1. The number of carbonyl (C=O) groups is 1. The maximum Gasteiger partial charge on any atom is 0.244 e. The van der Waals surface area contributed by atoms with Crippen LogP contribution < -0.4 is 11.1 Å². The van der Waals surface area contributed by atoms with Gasteiger partial charge in [-0.3, -0.25) is 9.00 Å². The Morgan fingerprint density at radius 2 is 2.00 bits per heavy atom. The summed E-state index contributed by atoms with van der Waals surface area (Å²) in [5.41, 5.74) is 6.09. The molecule has 1 saturated carbocycles. The van der Waals surface area contributed by atoms with Gasteiger partial charge >= 0.3 is 0 Å². The van der Waals surface area contributed by atoms with Crippen LogP contribution in [-0.4, -0.2) is 21.9 Å². The van der Waals surface area contributed by atoms with Crippen molar-refractivity contribution in [1.29, 1.82) is 0 Å². The van der Waals surface area contributed by atoms with Crippen molar-refractivity contribution in [2.75, 3.05) is 11.6 Å². The van der Waals surface area contributed by atoms with Crippen molar-refractivity contribution in [3.63, 3.8) is 0 Å². The number of benzene rings is 1. The lowest BCUT2D eigenvalue weighted by molar-refractivity contribution is -0.122. The van der Waals surface area contributed by atoms with Gasteiger partial charge in [-0.05, 0) is 31.0 Å². The average Bonchev–Trinajstić information content (AvgIpc) is 2.40. The summed E-state index contributed by atoms with van der Waals surface area (Å²) in [6.07, 6.45) is 6.24. The number of carbonyl (C=O) groups excluding carboxylic acids is 1. The van der Waals surface area contributed by atoms with Crippen LogP contribution in [0.15, 0.2) is 29.2 Å². The number of anilines is 1. The van der Waals surface area contributed by atoms with Gasteiger partial charge in [0.1, 0.15) is 0 Å². The van der Waals surface area contributed by atoms with Crippen LogP contribution in [0.5, 0.6) is 0 Å². The van der Waals surface area contributed by atoms with E-state index in [1.54, 1.807) is 30.5 Å². The highest BCUT2D eigenvalue weighted by atomic mass is 32.2. The highest BCUT2D eigenvalue weighted by molar-refractivity contribution is 7.84. The van der Waals surface area contributed by atoms with Gasteiger partial charge in [-0.15, -0.1) is 0 Å². The summed E-state index contributed by atoms with van der Waals surface area (Å²) in [5.74, 6) is -0.133. The molecule has 0 radical (unpaired) electrons. The topological polar surface area (TPSA) is 72.2 Å². The molecule has 1 fully saturated rings. The summed E-state index contributed by atoms with van der Waals surface area (Å²) in [6, 6.07) is 7.10. The number of hydrogen-bond donors (Lipinski definition) is 2. The zero-order chi connectivity index (χ0) is 13.9. The molecule has 5 heteroatoms. The Kier molecular flexibility index (Phi) is 4.37.